The van der Waals surface area contributed by atoms with Crippen LogP contribution in [0.4, 0.5) is 13.2 Å². The van der Waals surface area contributed by atoms with Crippen molar-refractivity contribution in [3.8, 4) is 0 Å². The second kappa shape index (κ2) is 10.8. The Balaban J connectivity index is 1.46. The monoisotopic (exact) mass is 558 g/mol. The minimum absolute atomic E-state index is 0.0542. The van der Waals surface area contributed by atoms with Crippen LogP contribution in [0, 0.1) is 6.92 Å². The fraction of sp³-hybridized carbons (Fsp3) is 0.542. The van der Waals surface area contributed by atoms with Crippen LogP contribution in [-0.4, -0.2) is 59.3 Å². The summed E-state index contributed by atoms with van der Waals surface area (Å²) in [6.45, 7) is 2.04. The molecule has 1 aromatic heterocycles. The van der Waals surface area contributed by atoms with Crippen LogP contribution in [-0.2, 0) is 25.5 Å². The largest absolute Gasteiger partial charge is 0.491 e. The van der Waals surface area contributed by atoms with Gasteiger partial charge >= 0.3 is 18.1 Å². The fourth-order valence-electron chi connectivity index (χ4n) is 4.81. The molecule has 1 aromatic carbocycles. The van der Waals surface area contributed by atoms with Gasteiger partial charge < -0.3 is 13.9 Å². The second-order valence-electron chi connectivity index (χ2n) is 9.02. The number of halogens is 4. The molecule has 0 radical (unpaired) electrons. The molecular formula is C24H26BrF3N2O5. The normalized spacial score (nSPS) is 25.9. The molecule has 2 heterocycles. The number of aromatic nitrogens is 1. The van der Waals surface area contributed by atoms with E-state index in [4.69, 9.17) is 9.15 Å². The van der Waals surface area contributed by atoms with E-state index in [9.17, 15) is 22.8 Å². The molecule has 7 nitrogen and oxygen atoms in total. The van der Waals surface area contributed by atoms with E-state index in [1.807, 2.05) is 31.2 Å². The number of morpholine rings is 1. The maximum absolute atomic E-state index is 12.6. The zero-order valence-electron chi connectivity index (χ0n) is 19.1. The number of oxazole rings is 1. The van der Waals surface area contributed by atoms with Crippen molar-refractivity contribution in [2.75, 3.05) is 13.2 Å². The molecule has 1 aliphatic carbocycles. The molecule has 1 saturated heterocycles. The van der Waals surface area contributed by atoms with Crippen LogP contribution < -0.4 is 0 Å². The van der Waals surface area contributed by atoms with E-state index in [-0.39, 0.29) is 31.2 Å². The Labute approximate surface area is 209 Å². The van der Waals surface area contributed by atoms with E-state index in [0.717, 1.165) is 47.4 Å². The van der Waals surface area contributed by atoms with Gasteiger partial charge in [-0.3, -0.25) is 4.90 Å². The highest BCUT2D eigenvalue weighted by atomic mass is 79.9. The molecule has 35 heavy (non-hydrogen) atoms. The molecule has 2 aliphatic rings. The van der Waals surface area contributed by atoms with Gasteiger partial charge in [-0.1, -0.05) is 28.1 Å². The quantitative estimate of drug-likeness (QED) is 0.388. The van der Waals surface area contributed by atoms with Crippen molar-refractivity contribution in [2.45, 2.75) is 69.3 Å². The maximum Gasteiger partial charge on any atom is 0.491 e. The maximum atomic E-state index is 12.6. The summed E-state index contributed by atoms with van der Waals surface area (Å²) < 4.78 is 54.0. The molecule has 1 saturated carbocycles. The number of carbonyl (C=O) groups excluding carboxylic acids is 2. The molecule has 2 atom stereocenters. The lowest BCUT2D eigenvalue weighted by Crippen LogP contribution is -2.57. The third-order valence-corrected chi connectivity index (χ3v) is 7.09. The third kappa shape index (κ3) is 6.50. The van der Waals surface area contributed by atoms with Gasteiger partial charge in [0.15, 0.2) is 12.0 Å². The molecule has 11 heteroatoms. The molecule has 1 aliphatic heterocycles. The Morgan fingerprint density at radius 1 is 1.17 bits per heavy atom. The molecule has 4 rings (SSSR count). The molecule has 2 fully saturated rings. The summed E-state index contributed by atoms with van der Waals surface area (Å²) in [5.41, 5.74) is 1.07. The van der Waals surface area contributed by atoms with Crippen LogP contribution in [0.25, 0.3) is 0 Å². The van der Waals surface area contributed by atoms with Crippen LogP contribution >= 0.6 is 15.9 Å². The van der Waals surface area contributed by atoms with Gasteiger partial charge in [0, 0.05) is 29.0 Å². The number of alkyl halides is 3. The first-order valence-corrected chi connectivity index (χ1v) is 12.3. The number of esters is 2. The fourth-order valence-corrected chi connectivity index (χ4v) is 5.07. The van der Waals surface area contributed by atoms with Gasteiger partial charge in [-0.15, -0.1) is 0 Å². The summed E-state index contributed by atoms with van der Waals surface area (Å²) in [5.74, 6) is -2.16. The van der Waals surface area contributed by atoms with E-state index in [2.05, 4.69) is 30.6 Å². The van der Waals surface area contributed by atoms with Crippen molar-refractivity contribution in [3.63, 3.8) is 0 Å². The zero-order chi connectivity index (χ0) is 25.2. The lowest BCUT2D eigenvalue weighted by atomic mass is 9.84. The Kier molecular flexibility index (Phi) is 7.97. The summed E-state index contributed by atoms with van der Waals surface area (Å²) in [6.07, 6.45) is -0.854. The van der Waals surface area contributed by atoms with E-state index in [0.29, 0.717) is 6.42 Å². The molecule has 0 spiro atoms. The predicted octanol–water partition coefficient (Wildman–Crippen LogP) is 4.72. The molecule has 0 amide bonds. The van der Waals surface area contributed by atoms with Crippen molar-refractivity contribution in [2.24, 2.45) is 0 Å². The van der Waals surface area contributed by atoms with Gasteiger partial charge in [0.25, 0.3) is 0 Å². The SMILES string of the molecule is Cc1cnc(C2CCC(N3C[C@H](C(=O)OC(=O)C(F)(F)F)OC[C@@H]3Cc3ccc(Br)cc3)CC2)o1. The summed E-state index contributed by atoms with van der Waals surface area (Å²) in [7, 11) is 0. The van der Waals surface area contributed by atoms with E-state index in [1.165, 1.54) is 0 Å². The Morgan fingerprint density at radius 3 is 2.46 bits per heavy atom. The summed E-state index contributed by atoms with van der Waals surface area (Å²) in [4.78, 5) is 29.9. The molecule has 2 aromatic rings. The van der Waals surface area contributed by atoms with E-state index >= 15 is 0 Å². The highest BCUT2D eigenvalue weighted by Crippen LogP contribution is 2.36. The number of ether oxygens (including phenoxy) is 2. The van der Waals surface area contributed by atoms with Gasteiger partial charge in [-0.05, 0) is 56.7 Å². The first-order valence-electron chi connectivity index (χ1n) is 11.5. The molecule has 0 N–H and O–H groups in total. The summed E-state index contributed by atoms with van der Waals surface area (Å²) in [6, 6.07) is 7.88. The number of aryl methyl sites for hydroxylation is 1. The smallest absolute Gasteiger partial charge is 0.446 e. The minimum atomic E-state index is -5.25. The average Bonchev–Trinajstić information content (AvgIpc) is 3.26. The van der Waals surface area contributed by atoms with Gasteiger partial charge in [-0.25, -0.2) is 14.6 Å². The first kappa shape index (κ1) is 25.8. The lowest BCUT2D eigenvalue weighted by Gasteiger charge is -2.45. The molecule has 190 valence electrons. The highest BCUT2D eigenvalue weighted by Gasteiger charge is 2.45. The van der Waals surface area contributed by atoms with Crippen LogP contribution in [0.2, 0.25) is 0 Å². The van der Waals surface area contributed by atoms with Crippen LogP contribution in [0.3, 0.4) is 0 Å². The Bertz CT molecular complexity index is 1030. The average molecular weight is 559 g/mol. The van der Waals surface area contributed by atoms with Crippen molar-refractivity contribution < 1.29 is 36.7 Å². The number of nitrogens with zero attached hydrogens (tertiary/aromatic N) is 2. The number of hydrogen-bond donors (Lipinski definition) is 0. The number of benzene rings is 1. The van der Waals surface area contributed by atoms with Gasteiger partial charge in [0.05, 0.1) is 12.8 Å². The molecular weight excluding hydrogens is 533 g/mol. The van der Waals surface area contributed by atoms with Crippen molar-refractivity contribution in [3.05, 3.63) is 52.1 Å². The van der Waals surface area contributed by atoms with Crippen LogP contribution in [0.1, 0.15) is 48.8 Å². The number of carbonyl (C=O) groups is 2. The third-order valence-electron chi connectivity index (χ3n) is 6.56. The number of hydrogen-bond acceptors (Lipinski definition) is 7. The van der Waals surface area contributed by atoms with Crippen molar-refractivity contribution in [1.29, 1.82) is 0 Å². The minimum Gasteiger partial charge on any atom is -0.446 e. The van der Waals surface area contributed by atoms with Crippen molar-refractivity contribution in [1.82, 2.24) is 9.88 Å². The topological polar surface area (TPSA) is 81.9 Å². The van der Waals surface area contributed by atoms with Gasteiger partial charge in [0.1, 0.15) is 5.76 Å². The van der Waals surface area contributed by atoms with Gasteiger partial charge in [0.2, 0.25) is 0 Å². The van der Waals surface area contributed by atoms with Gasteiger partial charge in [-0.2, -0.15) is 13.2 Å². The van der Waals surface area contributed by atoms with Crippen LogP contribution in [0.15, 0.2) is 39.4 Å². The highest BCUT2D eigenvalue weighted by molar-refractivity contribution is 9.10. The van der Waals surface area contributed by atoms with E-state index < -0.39 is 24.2 Å². The van der Waals surface area contributed by atoms with Crippen LogP contribution in [0.5, 0.6) is 0 Å². The van der Waals surface area contributed by atoms with Crippen molar-refractivity contribution >= 4 is 27.9 Å². The summed E-state index contributed by atoms with van der Waals surface area (Å²) in [5, 5.41) is 0. The Hall–Kier alpha value is -2.24. The predicted molar refractivity (Wildman–Crippen MR) is 121 cm³/mol. The second-order valence-corrected chi connectivity index (χ2v) is 9.94. The Morgan fingerprint density at radius 2 is 1.86 bits per heavy atom. The summed E-state index contributed by atoms with van der Waals surface area (Å²) >= 11 is 3.42. The number of rotatable bonds is 5. The molecule has 0 bridgehead atoms. The molecule has 0 unspecified atom stereocenters. The first-order chi connectivity index (χ1) is 16.6. The van der Waals surface area contributed by atoms with E-state index in [1.54, 1.807) is 6.20 Å². The zero-order valence-corrected chi connectivity index (χ0v) is 20.7. The standard InChI is InChI=1S/C24H26BrF3N2O5/c1-14-11-29-21(34-14)16-4-8-18(9-5-16)30-12-20(22(31)35-23(32)24(26,27)28)33-13-19(30)10-15-2-6-17(25)7-3-15/h2-3,6-7,11,16,18-20H,4-5,8-10,12-13H2,1H3/t16?,18?,19-,20+/m0/s1. The lowest BCUT2D eigenvalue weighted by molar-refractivity contribution is -0.207.